The zero-order valence-corrected chi connectivity index (χ0v) is 60.0. The van der Waals surface area contributed by atoms with E-state index in [0.717, 1.165) is 179 Å². The van der Waals surface area contributed by atoms with Crippen LogP contribution in [-0.4, -0.2) is 127 Å². The van der Waals surface area contributed by atoms with E-state index in [-0.39, 0.29) is 34.6 Å². The third-order valence-electron chi connectivity index (χ3n) is 21.1. The highest BCUT2D eigenvalue weighted by Gasteiger charge is 2.34. The van der Waals surface area contributed by atoms with E-state index >= 15 is 0 Å². The van der Waals surface area contributed by atoms with Gasteiger partial charge in [-0.3, -0.25) is 19.9 Å². The minimum atomic E-state index is -3.87. The van der Waals surface area contributed by atoms with Gasteiger partial charge >= 0.3 is 7.60 Å². The first-order chi connectivity index (χ1) is 52.3. The lowest BCUT2D eigenvalue weighted by molar-refractivity contribution is 0.0843. The summed E-state index contributed by atoms with van der Waals surface area (Å²) in [4.78, 5) is 14.5. The molecular formula is C83H75F3N11O9P. The summed E-state index contributed by atoms with van der Waals surface area (Å²) < 4.78 is 102. The number of H-pyrrole nitrogens is 3. The normalized spacial score (nSPS) is 15.3. The molecule has 3 saturated heterocycles. The highest BCUT2D eigenvalue weighted by atomic mass is 31.2. The van der Waals surface area contributed by atoms with Crippen molar-refractivity contribution in [3.8, 4) is 67.7 Å². The molecular weight excluding hydrogens is 1380 g/mol. The number of nitrogens with one attached hydrogen (secondary N) is 3. The Morgan fingerprint density at radius 2 is 0.832 bits per heavy atom. The van der Waals surface area contributed by atoms with Gasteiger partial charge in [0.25, 0.3) is 0 Å². The number of rotatable bonds is 14. The van der Waals surface area contributed by atoms with Crippen LogP contribution in [0.15, 0.2) is 195 Å². The van der Waals surface area contributed by atoms with Crippen LogP contribution in [0, 0.1) is 17.5 Å². The maximum Gasteiger partial charge on any atom is 0.358 e. The summed E-state index contributed by atoms with van der Waals surface area (Å²) in [7, 11) is 2.20. The Bertz CT molecular complexity index is 5980. The maximum atomic E-state index is 14.0. The van der Waals surface area contributed by atoms with Gasteiger partial charge < -0.3 is 55.9 Å². The van der Waals surface area contributed by atoms with Gasteiger partial charge in [-0.25, -0.2) is 18.2 Å². The van der Waals surface area contributed by atoms with Gasteiger partial charge in [0.05, 0.1) is 78.3 Å². The van der Waals surface area contributed by atoms with Gasteiger partial charge in [0.15, 0.2) is 11.5 Å². The Hall–Kier alpha value is -11.3. The second-order valence-corrected chi connectivity index (χ2v) is 29.1. The molecule has 0 saturated carbocycles. The molecule has 19 rings (SSSR count). The average molecular weight is 1460 g/mol. The molecule has 0 radical (unpaired) electrons. The van der Waals surface area contributed by atoms with Crippen LogP contribution in [0.3, 0.4) is 0 Å². The van der Waals surface area contributed by atoms with Crippen molar-refractivity contribution in [2.75, 3.05) is 68.1 Å². The molecule has 0 aliphatic carbocycles. The number of methoxy groups -OCH3 is 3. The van der Waals surface area contributed by atoms with Crippen LogP contribution in [0.4, 0.5) is 13.2 Å². The van der Waals surface area contributed by atoms with Crippen molar-refractivity contribution in [1.82, 2.24) is 53.7 Å². The number of hydrogen-bond donors (Lipinski definition) is 4. The van der Waals surface area contributed by atoms with E-state index < -0.39 is 7.60 Å². The Kier molecular flexibility index (Phi) is 18.6. The number of aromatic amines is 3. The van der Waals surface area contributed by atoms with Gasteiger partial charge in [0.1, 0.15) is 23.1 Å². The second-order valence-electron chi connectivity index (χ2n) is 27.1. The Labute approximate surface area is 611 Å². The van der Waals surface area contributed by atoms with Crippen molar-refractivity contribution < 1.29 is 55.6 Å². The van der Waals surface area contributed by atoms with Gasteiger partial charge in [-0.2, -0.15) is 15.3 Å². The lowest BCUT2D eigenvalue weighted by Gasteiger charge is -2.26. The zero-order chi connectivity index (χ0) is 73.0. The molecule has 3 aliphatic heterocycles. The van der Waals surface area contributed by atoms with Crippen LogP contribution >= 0.6 is 7.60 Å². The summed E-state index contributed by atoms with van der Waals surface area (Å²) in [6.45, 7) is 4.19. The zero-order valence-electron chi connectivity index (χ0n) is 59.1. The number of hydrogen-bond acceptors (Lipinski definition) is 12. The summed E-state index contributed by atoms with van der Waals surface area (Å²) >= 11 is 0. The summed E-state index contributed by atoms with van der Waals surface area (Å²) in [5.41, 5.74) is 19.4. The number of aromatic nitrogens is 11. The lowest BCUT2D eigenvalue weighted by atomic mass is 9.89. The number of fused-ring (bicyclic) bond motifs is 7. The monoisotopic (exact) mass is 1460 g/mol. The lowest BCUT2D eigenvalue weighted by Crippen LogP contribution is -2.17. The van der Waals surface area contributed by atoms with Gasteiger partial charge in [0, 0.05) is 172 Å². The van der Waals surface area contributed by atoms with E-state index in [1.165, 1.54) is 54.8 Å². The first kappa shape index (κ1) is 68.8. The molecule has 3 aliphatic rings. The Morgan fingerprint density at radius 1 is 0.458 bits per heavy atom. The topological polar surface area (TPSA) is 220 Å². The fraction of sp³-hybridized carbons (Fsp3) is 0.229. The molecule has 542 valence electrons. The van der Waals surface area contributed by atoms with Crippen molar-refractivity contribution in [2.45, 2.75) is 56.3 Å². The highest BCUT2D eigenvalue weighted by Crippen LogP contribution is 2.51. The van der Waals surface area contributed by atoms with Crippen molar-refractivity contribution in [3.63, 3.8) is 0 Å². The molecule has 0 amide bonds. The van der Waals surface area contributed by atoms with Crippen molar-refractivity contribution >= 4 is 84.0 Å². The molecule has 0 spiro atoms. The summed E-state index contributed by atoms with van der Waals surface area (Å²) in [6, 6.07) is 48.0. The maximum absolute atomic E-state index is 14.0. The van der Waals surface area contributed by atoms with Crippen LogP contribution in [-0.2, 0) is 23.3 Å². The van der Waals surface area contributed by atoms with Crippen molar-refractivity contribution in [3.05, 3.63) is 229 Å². The van der Waals surface area contributed by atoms with E-state index in [4.69, 9.17) is 32.9 Å². The molecule has 11 heterocycles. The fourth-order valence-electron chi connectivity index (χ4n) is 16.0. The minimum absolute atomic E-state index is 0.213. The van der Waals surface area contributed by atoms with Gasteiger partial charge in [-0.05, 0) is 195 Å². The standard InChI is InChI=1S/C29H28FN3O4.C27H22FN5O.C27H25FN3O4P/c1-34-25-13-18(14-26(35-2)29(25)36-3)27-22-15-23-19(16-31-32-23)12-24(22)33(21-6-4-20(30)5-7-21)28(27)17-8-10-37-11-9-17;28-20-2-4-21(5-3-20)33-24-13-19-15-30-31-23(19)14-22(24)26(27(33)17-7-11-34-12-8-17)18-1-6-25-29-9-10-32(25)16-18;1-34-36(32,33)22-8-2-17(3-9-22)26-23-15-24-19(16-29-30-24)14-25(23)31(21-6-4-20(28)5-7-21)27(26)18-10-12-35-13-11-18/h4-7,12-17H,8-11H2,1-3H3,(H,31,32);1-6,9-10,13-17H,7-8,11-12H2,(H,30,31);2-9,14-16,18H,10-13H2,1H3,(H,29,30)(H,32,33). The molecule has 0 bridgehead atoms. The number of benzene rings is 8. The predicted molar refractivity (Wildman–Crippen MR) is 408 cm³/mol. The van der Waals surface area contributed by atoms with Gasteiger partial charge in [-0.1, -0.05) is 12.1 Å². The highest BCUT2D eigenvalue weighted by molar-refractivity contribution is 7.61. The van der Waals surface area contributed by atoms with Crippen LogP contribution in [0.1, 0.15) is 73.4 Å². The molecule has 3 fully saturated rings. The first-order valence-corrected chi connectivity index (χ1v) is 37.2. The SMILES string of the molecule is COP(=O)(O)c1ccc(-c2c(C3CCOCC3)n(-c3ccc(F)cc3)c3cc4cn[nH]c4cc23)cc1.COc1cc(-c2c(C3CCOCC3)n(-c3ccc(F)cc3)c3cc4cn[nH]c4cc23)cc(OC)c1OC.Fc1ccc(-n2c(C3CCOCC3)c(-c3ccc4nccn4c3)c3cc4[nH]ncc4cc32)cc1. The molecule has 1 atom stereocenters. The summed E-state index contributed by atoms with van der Waals surface area (Å²) in [5, 5.41) is 28.5. The Morgan fingerprint density at radius 3 is 1.21 bits per heavy atom. The van der Waals surface area contributed by atoms with Crippen LogP contribution in [0.5, 0.6) is 17.2 Å². The molecule has 8 aromatic carbocycles. The van der Waals surface area contributed by atoms with E-state index in [2.05, 4.69) is 108 Å². The van der Waals surface area contributed by atoms with Gasteiger partial charge in [-0.15, -0.1) is 0 Å². The summed E-state index contributed by atoms with van der Waals surface area (Å²) in [6.07, 6.45) is 16.8. The number of halogens is 3. The number of ether oxygens (including phenoxy) is 6. The number of nitrogens with zero attached hydrogens (tertiary/aromatic N) is 8. The van der Waals surface area contributed by atoms with Crippen LogP contribution in [0.2, 0.25) is 0 Å². The molecule has 4 N–H and O–H groups in total. The molecule has 1 unspecified atom stereocenters. The van der Waals surface area contributed by atoms with E-state index in [1.54, 1.807) is 51.8 Å². The summed E-state index contributed by atoms with van der Waals surface area (Å²) in [5.74, 6) is 1.67. The van der Waals surface area contributed by atoms with Crippen LogP contribution < -0.4 is 19.5 Å². The van der Waals surface area contributed by atoms with Crippen molar-refractivity contribution in [2.24, 2.45) is 0 Å². The number of pyridine rings is 1. The Balaban J connectivity index is 0.000000118. The third-order valence-corrected chi connectivity index (χ3v) is 22.6. The molecule has 20 nitrogen and oxygen atoms in total. The van der Waals surface area contributed by atoms with E-state index in [9.17, 15) is 22.6 Å². The number of imidazole rings is 1. The average Bonchev–Trinajstić information content (AvgIpc) is 1.65. The quantitative estimate of drug-likeness (QED) is 0.0746. The first-order valence-electron chi connectivity index (χ1n) is 35.6. The van der Waals surface area contributed by atoms with E-state index in [0.29, 0.717) is 49.6 Å². The third kappa shape index (κ3) is 12.7. The smallest absolute Gasteiger partial charge is 0.358 e. The molecule has 24 heteroatoms. The van der Waals surface area contributed by atoms with Gasteiger partial charge in [0.2, 0.25) is 5.75 Å². The molecule has 8 aromatic heterocycles. The van der Waals surface area contributed by atoms with E-state index in [1.807, 2.05) is 73.3 Å². The minimum Gasteiger partial charge on any atom is -0.493 e. The predicted octanol–water partition coefficient (Wildman–Crippen LogP) is 17.8. The van der Waals surface area contributed by atoms with Crippen LogP contribution in [0.25, 0.3) is 122 Å². The molecule has 16 aromatic rings. The molecule has 107 heavy (non-hydrogen) atoms. The fourth-order valence-corrected chi connectivity index (χ4v) is 16.8. The largest absolute Gasteiger partial charge is 0.493 e. The second kappa shape index (κ2) is 28.9. The van der Waals surface area contributed by atoms with Crippen molar-refractivity contribution in [1.29, 1.82) is 0 Å².